The third-order valence-electron chi connectivity index (χ3n) is 3.35. The molecule has 0 radical (unpaired) electrons. The lowest BCUT2D eigenvalue weighted by Crippen LogP contribution is -2.00. The molecule has 1 N–H and O–H groups in total. The number of para-hydroxylation sites is 1. The molecule has 5 nitrogen and oxygen atoms in total. The number of hydrogen-bond acceptors (Lipinski definition) is 4. The number of ether oxygens (including phenoxy) is 3. The van der Waals surface area contributed by atoms with E-state index in [1.54, 1.807) is 43.5 Å². The van der Waals surface area contributed by atoms with Gasteiger partial charge in [-0.2, -0.15) is 0 Å². The van der Waals surface area contributed by atoms with Crippen molar-refractivity contribution in [2.45, 2.75) is 0 Å². The Kier molecular flexibility index (Phi) is 3.70. The van der Waals surface area contributed by atoms with Gasteiger partial charge in [0.25, 0.3) is 0 Å². The Hall–Kier alpha value is -2.95. The van der Waals surface area contributed by atoms with Crippen LogP contribution < -0.4 is 14.2 Å². The largest absolute Gasteiger partial charge is 0.496 e. The maximum atomic E-state index is 11.6. The summed E-state index contributed by atoms with van der Waals surface area (Å²) in [5.74, 6) is 0.752. The van der Waals surface area contributed by atoms with Crippen molar-refractivity contribution in [2.24, 2.45) is 0 Å². The highest BCUT2D eigenvalue weighted by Gasteiger charge is 2.18. The fraction of sp³-hybridized carbons (Fsp3) is 0.118. The summed E-state index contributed by atoms with van der Waals surface area (Å²) in [6.07, 6.45) is 1.58. The summed E-state index contributed by atoms with van der Waals surface area (Å²) in [7, 11) is 1.55. The summed E-state index contributed by atoms with van der Waals surface area (Å²) < 4.78 is 15.8. The highest BCUT2D eigenvalue weighted by atomic mass is 16.7. The molecule has 0 saturated heterocycles. The molecule has 1 aliphatic rings. The van der Waals surface area contributed by atoms with Gasteiger partial charge < -0.3 is 19.3 Å². The van der Waals surface area contributed by atoms with Crippen LogP contribution in [-0.4, -0.2) is 25.0 Å². The first kappa shape index (κ1) is 14.0. The fourth-order valence-electron chi connectivity index (χ4n) is 2.27. The molecule has 2 aromatic rings. The molecular formula is C17H14O5. The Labute approximate surface area is 127 Å². The topological polar surface area (TPSA) is 65.0 Å². The van der Waals surface area contributed by atoms with E-state index in [0.717, 1.165) is 0 Å². The lowest BCUT2D eigenvalue weighted by molar-refractivity contribution is -0.130. The van der Waals surface area contributed by atoms with Gasteiger partial charge in [0.15, 0.2) is 11.5 Å². The van der Waals surface area contributed by atoms with Crippen LogP contribution in [0.25, 0.3) is 11.6 Å². The summed E-state index contributed by atoms with van der Waals surface area (Å²) in [6.45, 7) is 0.150. The van der Waals surface area contributed by atoms with Crippen molar-refractivity contribution in [3.8, 4) is 17.2 Å². The van der Waals surface area contributed by atoms with Crippen molar-refractivity contribution >= 4 is 17.6 Å². The van der Waals surface area contributed by atoms with Gasteiger partial charge in [-0.15, -0.1) is 0 Å². The van der Waals surface area contributed by atoms with Gasteiger partial charge >= 0.3 is 5.97 Å². The van der Waals surface area contributed by atoms with Crippen molar-refractivity contribution in [1.29, 1.82) is 0 Å². The van der Waals surface area contributed by atoms with Gasteiger partial charge in [0.2, 0.25) is 6.79 Å². The van der Waals surface area contributed by atoms with E-state index in [2.05, 4.69) is 0 Å². The zero-order chi connectivity index (χ0) is 15.5. The number of carboxylic acids is 1. The molecule has 0 aliphatic carbocycles. The second kappa shape index (κ2) is 5.81. The summed E-state index contributed by atoms with van der Waals surface area (Å²) in [4.78, 5) is 11.6. The fourth-order valence-corrected chi connectivity index (χ4v) is 2.27. The number of aliphatic carboxylic acids is 1. The first-order valence-electron chi connectivity index (χ1n) is 6.67. The Morgan fingerprint density at radius 2 is 1.95 bits per heavy atom. The molecule has 0 saturated carbocycles. The molecule has 0 fully saturated rings. The third-order valence-corrected chi connectivity index (χ3v) is 3.35. The normalized spacial score (nSPS) is 13.0. The van der Waals surface area contributed by atoms with E-state index in [0.29, 0.717) is 28.4 Å². The first-order valence-corrected chi connectivity index (χ1v) is 6.67. The predicted octanol–water partition coefficient (Wildman–Crippen LogP) is 3.05. The molecule has 2 aromatic carbocycles. The van der Waals surface area contributed by atoms with Gasteiger partial charge in [-0.1, -0.05) is 24.3 Å². The van der Waals surface area contributed by atoms with Crippen LogP contribution >= 0.6 is 0 Å². The molecule has 112 valence electrons. The summed E-state index contributed by atoms with van der Waals surface area (Å²) >= 11 is 0. The van der Waals surface area contributed by atoms with Crippen LogP contribution in [0.5, 0.6) is 17.2 Å². The standard InChI is InChI=1S/C17H14O5/c1-20-14-5-3-2-4-12(14)8-13(17(18)19)11-6-7-15-16(9-11)22-10-21-15/h2-9H,10H2,1H3,(H,18,19)/b13-8+. The number of rotatable bonds is 4. The minimum Gasteiger partial charge on any atom is -0.496 e. The monoisotopic (exact) mass is 298 g/mol. The van der Waals surface area contributed by atoms with Crippen LogP contribution in [0.4, 0.5) is 0 Å². The van der Waals surface area contributed by atoms with Gasteiger partial charge in [0.1, 0.15) is 5.75 Å². The molecule has 0 aromatic heterocycles. The lowest BCUT2D eigenvalue weighted by Gasteiger charge is -2.07. The molecule has 0 atom stereocenters. The minimum atomic E-state index is -1.02. The Morgan fingerprint density at radius 3 is 2.73 bits per heavy atom. The minimum absolute atomic E-state index is 0.150. The second-order valence-electron chi connectivity index (χ2n) is 4.67. The van der Waals surface area contributed by atoms with Crippen molar-refractivity contribution in [1.82, 2.24) is 0 Å². The van der Waals surface area contributed by atoms with Gasteiger partial charge in [-0.3, -0.25) is 0 Å². The zero-order valence-electron chi connectivity index (χ0n) is 11.9. The summed E-state index contributed by atoms with van der Waals surface area (Å²) in [5, 5.41) is 9.52. The van der Waals surface area contributed by atoms with Gasteiger partial charge in [0, 0.05) is 5.56 Å². The maximum absolute atomic E-state index is 11.6. The van der Waals surface area contributed by atoms with Gasteiger partial charge in [0.05, 0.1) is 12.7 Å². The summed E-state index contributed by atoms with van der Waals surface area (Å²) in [6, 6.07) is 12.3. The first-order chi connectivity index (χ1) is 10.7. The van der Waals surface area contributed by atoms with E-state index in [1.165, 1.54) is 0 Å². The molecule has 5 heteroatoms. The highest BCUT2D eigenvalue weighted by Crippen LogP contribution is 2.35. The second-order valence-corrected chi connectivity index (χ2v) is 4.67. The molecule has 0 amide bonds. The zero-order valence-corrected chi connectivity index (χ0v) is 11.9. The molecule has 0 unspecified atom stereocenters. The van der Waals surface area contributed by atoms with Crippen molar-refractivity contribution in [2.75, 3.05) is 13.9 Å². The Bertz CT molecular complexity index is 748. The van der Waals surface area contributed by atoms with Crippen molar-refractivity contribution in [3.63, 3.8) is 0 Å². The van der Waals surface area contributed by atoms with Crippen molar-refractivity contribution in [3.05, 3.63) is 53.6 Å². The van der Waals surface area contributed by atoms with Crippen LogP contribution in [0.1, 0.15) is 11.1 Å². The Balaban J connectivity index is 2.06. The quantitative estimate of drug-likeness (QED) is 0.694. The maximum Gasteiger partial charge on any atom is 0.336 e. The average molecular weight is 298 g/mol. The van der Waals surface area contributed by atoms with E-state index in [-0.39, 0.29) is 12.4 Å². The van der Waals surface area contributed by atoms with E-state index in [4.69, 9.17) is 14.2 Å². The van der Waals surface area contributed by atoms with Crippen LogP contribution in [0.2, 0.25) is 0 Å². The van der Waals surface area contributed by atoms with Crippen LogP contribution in [0.15, 0.2) is 42.5 Å². The van der Waals surface area contributed by atoms with Crippen LogP contribution in [0, 0.1) is 0 Å². The predicted molar refractivity (Wildman–Crippen MR) is 81.1 cm³/mol. The molecule has 1 heterocycles. The van der Waals surface area contributed by atoms with E-state index >= 15 is 0 Å². The third kappa shape index (κ3) is 2.61. The SMILES string of the molecule is COc1ccccc1/C=C(/C(=O)O)c1ccc2c(c1)OCO2. The number of carboxylic acid groups (broad SMARTS) is 1. The molecular weight excluding hydrogens is 284 g/mol. The smallest absolute Gasteiger partial charge is 0.336 e. The molecule has 0 spiro atoms. The number of benzene rings is 2. The van der Waals surface area contributed by atoms with Crippen LogP contribution in [-0.2, 0) is 4.79 Å². The average Bonchev–Trinajstić information content (AvgIpc) is 3.00. The number of carbonyl (C=O) groups is 1. The number of methoxy groups -OCH3 is 1. The molecule has 22 heavy (non-hydrogen) atoms. The van der Waals surface area contributed by atoms with Gasteiger partial charge in [-0.05, 0) is 29.8 Å². The molecule has 3 rings (SSSR count). The van der Waals surface area contributed by atoms with E-state index in [9.17, 15) is 9.90 Å². The van der Waals surface area contributed by atoms with Crippen molar-refractivity contribution < 1.29 is 24.1 Å². The van der Waals surface area contributed by atoms with E-state index < -0.39 is 5.97 Å². The molecule has 0 bridgehead atoms. The Morgan fingerprint density at radius 1 is 1.18 bits per heavy atom. The lowest BCUT2D eigenvalue weighted by atomic mass is 10.0. The molecule has 1 aliphatic heterocycles. The number of hydrogen-bond donors (Lipinski definition) is 1. The van der Waals surface area contributed by atoms with Gasteiger partial charge in [-0.25, -0.2) is 4.79 Å². The summed E-state index contributed by atoms with van der Waals surface area (Å²) in [5.41, 5.74) is 1.39. The van der Waals surface area contributed by atoms with E-state index in [1.807, 2.05) is 12.1 Å². The highest BCUT2D eigenvalue weighted by molar-refractivity contribution is 6.21. The van der Waals surface area contributed by atoms with Crippen LogP contribution in [0.3, 0.4) is 0 Å². The number of fused-ring (bicyclic) bond motifs is 1.